The van der Waals surface area contributed by atoms with Crippen LogP contribution in [0.2, 0.25) is 0 Å². The number of anilines is 2. The summed E-state index contributed by atoms with van der Waals surface area (Å²) >= 11 is 0. The van der Waals surface area contributed by atoms with Crippen LogP contribution in [0.4, 0.5) is 11.5 Å². The number of benzene rings is 2. The zero-order valence-electron chi connectivity index (χ0n) is 17.9. The first kappa shape index (κ1) is 20.0. The maximum Gasteiger partial charge on any atom is 0.282 e. The monoisotopic (exact) mass is 424 g/mol. The Morgan fingerprint density at radius 3 is 2.03 bits per heavy atom. The number of aromatic nitrogens is 1. The molecule has 2 aliphatic rings. The highest BCUT2D eigenvalue weighted by Gasteiger charge is 2.43. The van der Waals surface area contributed by atoms with Gasteiger partial charge >= 0.3 is 0 Å². The smallest absolute Gasteiger partial charge is 0.282 e. The van der Waals surface area contributed by atoms with E-state index < -0.39 is 0 Å². The Balaban J connectivity index is 1.50. The predicted octanol–water partition coefficient (Wildman–Crippen LogP) is 3.50. The van der Waals surface area contributed by atoms with Gasteiger partial charge in [-0.1, -0.05) is 54.1 Å². The van der Waals surface area contributed by atoms with Crippen molar-refractivity contribution in [2.24, 2.45) is 0 Å². The first-order chi connectivity index (χ1) is 15.6. The molecule has 0 aliphatic carbocycles. The first-order valence-electron chi connectivity index (χ1n) is 10.8. The van der Waals surface area contributed by atoms with E-state index in [0.29, 0.717) is 30.0 Å². The lowest BCUT2D eigenvalue weighted by Gasteiger charge is -2.37. The number of aryl methyl sites for hydroxylation is 1. The van der Waals surface area contributed by atoms with E-state index in [1.165, 1.54) is 4.90 Å². The van der Waals surface area contributed by atoms with Crippen LogP contribution in [0.5, 0.6) is 0 Å². The molecule has 0 saturated carbocycles. The number of hydrogen-bond donors (Lipinski definition) is 0. The van der Waals surface area contributed by atoms with Crippen LogP contribution in [0.15, 0.2) is 84.7 Å². The largest absolute Gasteiger partial charge is 0.363 e. The highest BCUT2D eigenvalue weighted by molar-refractivity contribution is 6.45. The SMILES string of the molecule is Cc1ccc(C2=C(N3CCN(c4ccccn4)CC3)C(=O)N(c3ccccc3)C2=O)cc1. The molecule has 1 saturated heterocycles. The van der Waals surface area contributed by atoms with Gasteiger partial charge in [-0.2, -0.15) is 0 Å². The number of hydrogen-bond acceptors (Lipinski definition) is 5. The van der Waals surface area contributed by atoms with E-state index in [4.69, 9.17) is 0 Å². The highest BCUT2D eigenvalue weighted by Crippen LogP contribution is 2.35. The predicted molar refractivity (Wildman–Crippen MR) is 125 cm³/mol. The molecular weight excluding hydrogens is 400 g/mol. The topological polar surface area (TPSA) is 56.8 Å². The Hall–Kier alpha value is -3.93. The number of carbonyl (C=O) groups excluding carboxylic acids is 2. The van der Waals surface area contributed by atoms with E-state index >= 15 is 0 Å². The van der Waals surface area contributed by atoms with Crippen molar-refractivity contribution in [3.8, 4) is 0 Å². The fourth-order valence-electron chi connectivity index (χ4n) is 4.30. The standard InChI is InChI=1S/C26H24N4O2/c1-19-10-12-20(13-11-19)23-24(26(32)30(25(23)31)21-7-3-2-4-8-21)29-17-15-28(16-18-29)22-9-5-6-14-27-22/h2-14H,15-18H2,1H3. The van der Waals surface area contributed by atoms with Gasteiger partial charge in [-0.15, -0.1) is 0 Å². The van der Waals surface area contributed by atoms with Gasteiger partial charge in [0.1, 0.15) is 11.5 Å². The number of piperazine rings is 1. The van der Waals surface area contributed by atoms with Crippen LogP contribution in [0.3, 0.4) is 0 Å². The van der Waals surface area contributed by atoms with Crippen molar-refractivity contribution < 1.29 is 9.59 Å². The lowest BCUT2D eigenvalue weighted by Crippen LogP contribution is -2.48. The molecule has 5 rings (SSSR count). The Kier molecular flexibility index (Phi) is 5.19. The van der Waals surface area contributed by atoms with Crippen LogP contribution < -0.4 is 9.80 Å². The lowest BCUT2D eigenvalue weighted by atomic mass is 10.0. The average Bonchev–Trinajstić information content (AvgIpc) is 3.10. The molecule has 160 valence electrons. The second-order valence-corrected chi connectivity index (χ2v) is 8.03. The molecule has 1 fully saturated rings. The van der Waals surface area contributed by atoms with Crippen LogP contribution in [0.1, 0.15) is 11.1 Å². The van der Waals surface area contributed by atoms with Crippen molar-refractivity contribution in [3.63, 3.8) is 0 Å². The van der Waals surface area contributed by atoms with E-state index in [0.717, 1.165) is 30.0 Å². The highest BCUT2D eigenvalue weighted by atomic mass is 16.2. The van der Waals surface area contributed by atoms with Crippen molar-refractivity contribution in [2.45, 2.75) is 6.92 Å². The quantitative estimate of drug-likeness (QED) is 0.600. The van der Waals surface area contributed by atoms with Gasteiger partial charge in [-0.3, -0.25) is 9.59 Å². The molecule has 0 radical (unpaired) electrons. The minimum Gasteiger partial charge on any atom is -0.363 e. The average molecular weight is 425 g/mol. The van der Waals surface area contributed by atoms with Crippen molar-refractivity contribution >= 4 is 28.9 Å². The van der Waals surface area contributed by atoms with Crippen LogP contribution in [-0.4, -0.2) is 47.9 Å². The normalized spacial score (nSPS) is 16.8. The maximum absolute atomic E-state index is 13.6. The van der Waals surface area contributed by atoms with Gasteiger partial charge in [-0.05, 0) is 36.8 Å². The van der Waals surface area contributed by atoms with Gasteiger partial charge in [0.15, 0.2) is 0 Å². The number of rotatable bonds is 4. The third-order valence-corrected chi connectivity index (χ3v) is 5.98. The van der Waals surface area contributed by atoms with Crippen LogP contribution >= 0.6 is 0 Å². The van der Waals surface area contributed by atoms with Crippen LogP contribution in [0, 0.1) is 6.92 Å². The first-order valence-corrected chi connectivity index (χ1v) is 10.8. The molecule has 2 aliphatic heterocycles. The minimum absolute atomic E-state index is 0.261. The van der Waals surface area contributed by atoms with Gasteiger partial charge < -0.3 is 9.80 Å². The Morgan fingerprint density at radius 1 is 0.719 bits per heavy atom. The van der Waals surface area contributed by atoms with Crippen molar-refractivity contribution in [1.82, 2.24) is 9.88 Å². The lowest BCUT2D eigenvalue weighted by molar-refractivity contribution is -0.120. The van der Waals surface area contributed by atoms with Gasteiger partial charge in [0.2, 0.25) is 0 Å². The van der Waals surface area contributed by atoms with E-state index in [1.807, 2.05) is 67.6 Å². The summed E-state index contributed by atoms with van der Waals surface area (Å²) in [5.74, 6) is 0.398. The van der Waals surface area contributed by atoms with E-state index in [1.54, 1.807) is 18.3 Å². The summed E-state index contributed by atoms with van der Waals surface area (Å²) in [6, 6.07) is 22.8. The third-order valence-electron chi connectivity index (χ3n) is 5.98. The molecule has 2 amide bonds. The Labute approximate surface area is 187 Å². The summed E-state index contributed by atoms with van der Waals surface area (Å²) in [6.45, 7) is 4.75. The number of imide groups is 1. The van der Waals surface area contributed by atoms with Crippen molar-refractivity contribution in [3.05, 3.63) is 95.8 Å². The van der Waals surface area contributed by atoms with Crippen molar-refractivity contribution in [2.75, 3.05) is 36.0 Å². The third kappa shape index (κ3) is 3.54. The molecule has 0 spiro atoms. The zero-order chi connectivity index (χ0) is 22.1. The van der Waals surface area contributed by atoms with E-state index in [9.17, 15) is 9.59 Å². The molecule has 3 aromatic rings. The number of nitrogens with zero attached hydrogens (tertiary/aromatic N) is 4. The van der Waals surface area contributed by atoms with Crippen molar-refractivity contribution in [1.29, 1.82) is 0 Å². The Bertz CT molecular complexity index is 1170. The molecule has 0 N–H and O–H groups in total. The summed E-state index contributed by atoms with van der Waals surface area (Å²) in [5.41, 5.74) is 3.44. The molecule has 0 unspecified atom stereocenters. The van der Waals surface area contributed by atoms with Gasteiger partial charge in [0.25, 0.3) is 11.8 Å². The van der Waals surface area contributed by atoms with E-state index in [2.05, 4.69) is 14.8 Å². The van der Waals surface area contributed by atoms with Gasteiger partial charge in [-0.25, -0.2) is 9.88 Å². The summed E-state index contributed by atoms with van der Waals surface area (Å²) in [7, 11) is 0. The molecule has 6 nitrogen and oxygen atoms in total. The molecule has 3 heterocycles. The Morgan fingerprint density at radius 2 is 1.38 bits per heavy atom. The molecule has 2 aromatic carbocycles. The van der Waals surface area contributed by atoms with Gasteiger partial charge in [0, 0.05) is 32.4 Å². The maximum atomic E-state index is 13.6. The molecule has 6 heteroatoms. The van der Waals surface area contributed by atoms with Crippen LogP contribution in [0.25, 0.3) is 5.57 Å². The number of amides is 2. The van der Waals surface area contributed by atoms with E-state index in [-0.39, 0.29) is 11.8 Å². The fourth-order valence-corrected chi connectivity index (χ4v) is 4.30. The summed E-state index contributed by atoms with van der Waals surface area (Å²) < 4.78 is 0. The van der Waals surface area contributed by atoms with Crippen LogP contribution in [-0.2, 0) is 9.59 Å². The summed E-state index contributed by atoms with van der Waals surface area (Å²) in [6.07, 6.45) is 1.79. The number of pyridine rings is 1. The molecular formula is C26H24N4O2. The minimum atomic E-state index is -0.271. The van der Waals surface area contributed by atoms with Gasteiger partial charge in [0.05, 0.1) is 11.3 Å². The molecule has 1 aromatic heterocycles. The second-order valence-electron chi connectivity index (χ2n) is 8.03. The molecule has 0 bridgehead atoms. The fraction of sp³-hybridized carbons (Fsp3) is 0.192. The molecule has 32 heavy (non-hydrogen) atoms. The number of carbonyl (C=O) groups is 2. The summed E-state index contributed by atoms with van der Waals surface area (Å²) in [4.78, 5) is 37.1. The second kappa shape index (κ2) is 8.30. The zero-order valence-corrected chi connectivity index (χ0v) is 17.9. The number of para-hydroxylation sites is 1. The molecule has 0 atom stereocenters. The summed E-state index contributed by atoms with van der Waals surface area (Å²) in [5, 5.41) is 0.